The number of hydrogen-bond donors (Lipinski definition) is 0. The molecule has 10 nitrogen and oxygen atoms in total. The van der Waals surface area contributed by atoms with Crippen molar-refractivity contribution in [2.75, 3.05) is 11.5 Å². The summed E-state index contributed by atoms with van der Waals surface area (Å²) in [4.78, 5) is 31.2. The number of Topliss-reactive ketones (excluding diaryl/α,β-unsaturated/α-hetero) is 1. The number of ketones is 1. The molecule has 168 valence electrons. The highest BCUT2D eigenvalue weighted by Gasteiger charge is 2.32. The van der Waals surface area contributed by atoms with E-state index in [1.54, 1.807) is 4.52 Å². The number of anilines is 2. The van der Waals surface area contributed by atoms with E-state index >= 15 is 0 Å². The summed E-state index contributed by atoms with van der Waals surface area (Å²) in [5.74, 6) is 0.768. The summed E-state index contributed by atoms with van der Waals surface area (Å²) in [5.41, 5.74) is 2.15. The first-order valence-corrected chi connectivity index (χ1v) is 10.8. The van der Waals surface area contributed by atoms with Crippen LogP contribution in [0.2, 0.25) is 0 Å². The molecule has 1 aliphatic heterocycles. The van der Waals surface area contributed by atoms with E-state index in [2.05, 4.69) is 15.2 Å². The van der Waals surface area contributed by atoms with E-state index in [1.807, 2.05) is 43.8 Å². The maximum Gasteiger partial charge on any atom is 0.420 e. The van der Waals surface area contributed by atoms with E-state index in [-0.39, 0.29) is 11.7 Å². The first kappa shape index (κ1) is 20.6. The van der Waals surface area contributed by atoms with Crippen molar-refractivity contribution >= 4 is 29.0 Å². The molecule has 0 radical (unpaired) electrons. The fourth-order valence-electron chi connectivity index (χ4n) is 4.23. The minimum atomic E-state index is -0.697. The Labute approximate surface area is 185 Å². The first-order chi connectivity index (χ1) is 15.3. The van der Waals surface area contributed by atoms with Gasteiger partial charge in [-0.25, -0.2) is 19.2 Å². The van der Waals surface area contributed by atoms with Gasteiger partial charge in [-0.2, -0.15) is 10.2 Å². The van der Waals surface area contributed by atoms with Gasteiger partial charge >= 0.3 is 6.09 Å². The van der Waals surface area contributed by atoms with Crippen molar-refractivity contribution in [3.63, 3.8) is 0 Å². The Morgan fingerprint density at radius 3 is 2.88 bits per heavy atom. The molecule has 3 aromatic heterocycles. The third kappa shape index (κ3) is 3.86. The zero-order chi connectivity index (χ0) is 22.5. The van der Waals surface area contributed by atoms with Crippen molar-refractivity contribution in [1.29, 1.82) is 0 Å². The number of fused-ring (bicyclic) bond motifs is 2. The fourth-order valence-corrected chi connectivity index (χ4v) is 4.23. The maximum absolute atomic E-state index is 13.4. The van der Waals surface area contributed by atoms with Crippen molar-refractivity contribution in [2.24, 2.45) is 0 Å². The van der Waals surface area contributed by atoms with E-state index in [0.29, 0.717) is 49.8 Å². The van der Waals surface area contributed by atoms with Crippen molar-refractivity contribution < 1.29 is 19.1 Å². The molecule has 10 heteroatoms. The van der Waals surface area contributed by atoms with Crippen LogP contribution in [0.25, 0.3) is 5.65 Å². The van der Waals surface area contributed by atoms with Crippen LogP contribution in [0, 0.1) is 0 Å². The van der Waals surface area contributed by atoms with Gasteiger partial charge in [0.1, 0.15) is 17.7 Å². The molecule has 5 rings (SSSR count). The van der Waals surface area contributed by atoms with Crippen LogP contribution in [-0.4, -0.2) is 48.5 Å². The molecule has 0 spiro atoms. The summed E-state index contributed by atoms with van der Waals surface area (Å²) in [6.45, 7) is 7.08. The highest BCUT2D eigenvalue weighted by molar-refractivity contribution is 5.99. The number of amides is 1. The molecule has 1 saturated carbocycles. The van der Waals surface area contributed by atoms with Gasteiger partial charge in [0, 0.05) is 25.1 Å². The molecule has 0 bridgehead atoms. The molecular formula is C22H26N6O4. The largest absolute Gasteiger partial charge is 0.443 e. The van der Waals surface area contributed by atoms with Crippen molar-refractivity contribution in [2.45, 2.75) is 64.7 Å². The van der Waals surface area contributed by atoms with Gasteiger partial charge in [-0.05, 0) is 44.7 Å². The van der Waals surface area contributed by atoms with Crippen LogP contribution in [0.4, 0.5) is 16.3 Å². The molecule has 0 N–H and O–H groups in total. The lowest BCUT2D eigenvalue weighted by molar-refractivity contribution is -0.117. The molecule has 1 unspecified atom stereocenters. The zero-order valence-corrected chi connectivity index (χ0v) is 18.4. The average molecular weight is 438 g/mol. The Hall–Kier alpha value is -3.27. The minimum Gasteiger partial charge on any atom is -0.443 e. The van der Waals surface area contributed by atoms with Crippen LogP contribution in [0.15, 0.2) is 24.7 Å². The topological polar surface area (TPSA) is 104 Å². The van der Waals surface area contributed by atoms with Crippen molar-refractivity contribution in [3.8, 4) is 0 Å². The quantitative estimate of drug-likeness (QED) is 0.617. The van der Waals surface area contributed by atoms with Gasteiger partial charge in [0.05, 0.1) is 31.1 Å². The highest BCUT2D eigenvalue weighted by atomic mass is 16.6. The normalized spacial score (nSPS) is 18.7. The number of carbonyl (C=O) groups excluding carboxylic acids is 2. The summed E-state index contributed by atoms with van der Waals surface area (Å²) in [6.07, 6.45) is 4.61. The molecule has 1 fully saturated rings. The minimum absolute atomic E-state index is 0.0824. The molecule has 1 atom stereocenters. The van der Waals surface area contributed by atoms with E-state index < -0.39 is 11.7 Å². The summed E-state index contributed by atoms with van der Waals surface area (Å²) in [6, 6.07) is 3.74. The Kier molecular flexibility index (Phi) is 4.96. The first-order valence-electron chi connectivity index (χ1n) is 10.8. The number of pyridine rings is 1. The lowest BCUT2D eigenvalue weighted by Gasteiger charge is -2.26. The zero-order valence-electron chi connectivity index (χ0n) is 18.4. The lowest BCUT2D eigenvalue weighted by atomic mass is 9.99. The van der Waals surface area contributed by atoms with Crippen LogP contribution >= 0.6 is 0 Å². The Balaban J connectivity index is 1.65. The monoisotopic (exact) mass is 438 g/mol. The van der Waals surface area contributed by atoms with Gasteiger partial charge in [0.15, 0.2) is 11.5 Å². The molecule has 1 aliphatic carbocycles. The Morgan fingerprint density at radius 1 is 1.31 bits per heavy atom. The molecule has 3 aromatic rings. The molecule has 1 amide bonds. The number of aromatic nitrogens is 5. The molecule has 0 saturated heterocycles. The van der Waals surface area contributed by atoms with Crippen LogP contribution in [0.1, 0.15) is 57.2 Å². The number of ether oxygens (including phenoxy) is 2. The van der Waals surface area contributed by atoms with Crippen LogP contribution in [0.3, 0.4) is 0 Å². The second-order valence-corrected chi connectivity index (χ2v) is 9.25. The van der Waals surface area contributed by atoms with Gasteiger partial charge in [0.25, 0.3) is 0 Å². The average Bonchev–Trinajstić information content (AvgIpc) is 3.45. The predicted octanol–water partition coefficient (Wildman–Crippen LogP) is 3.37. The van der Waals surface area contributed by atoms with E-state index in [0.717, 1.165) is 17.7 Å². The summed E-state index contributed by atoms with van der Waals surface area (Å²) < 4.78 is 14.8. The predicted molar refractivity (Wildman–Crippen MR) is 115 cm³/mol. The van der Waals surface area contributed by atoms with Crippen molar-refractivity contribution in [3.05, 3.63) is 35.9 Å². The standard InChI is InChI=1S/C22H26N6O4/c1-22(2,3)32-21(30)28(19-10-16-12-31-7-6-26(16)25-19)18-9-15(14-4-5-17(29)8-14)11-27-20(18)23-13-24-27/h9-11,13-14H,4-8,12H2,1-3H3. The summed E-state index contributed by atoms with van der Waals surface area (Å²) in [5, 5.41) is 8.96. The Morgan fingerprint density at radius 2 is 2.16 bits per heavy atom. The van der Waals surface area contributed by atoms with E-state index in [1.165, 1.54) is 11.2 Å². The third-order valence-electron chi connectivity index (χ3n) is 5.69. The van der Waals surface area contributed by atoms with Gasteiger partial charge < -0.3 is 9.47 Å². The second-order valence-electron chi connectivity index (χ2n) is 9.25. The van der Waals surface area contributed by atoms with Crippen molar-refractivity contribution in [1.82, 2.24) is 24.4 Å². The number of rotatable bonds is 3. The molecule has 2 aliphatic rings. The summed E-state index contributed by atoms with van der Waals surface area (Å²) >= 11 is 0. The maximum atomic E-state index is 13.4. The molecule has 32 heavy (non-hydrogen) atoms. The molecule has 0 aromatic carbocycles. The summed E-state index contributed by atoms with van der Waals surface area (Å²) in [7, 11) is 0. The third-order valence-corrected chi connectivity index (χ3v) is 5.69. The fraction of sp³-hybridized carbons (Fsp3) is 0.500. The number of carbonyl (C=O) groups is 2. The van der Waals surface area contributed by atoms with E-state index in [9.17, 15) is 9.59 Å². The van der Waals surface area contributed by atoms with Crippen LogP contribution in [0.5, 0.6) is 0 Å². The van der Waals surface area contributed by atoms with Gasteiger partial charge in [0.2, 0.25) is 0 Å². The Bertz CT molecular complexity index is 1170. The number of hydrogen-bond acceptors (Lipinski definition) is 7. The van der Waals surface area contributed by atoms with Gasteiger partial charge in [-0.3, -0.25) is 9.48 Å². The van der Waals surface area contributed by atoms with Crippen LogP contribution in [-0.2, 0) is 27.4 Å². The second kappa shape index (κ2) is 7.70. The highest BCUT2D eigenvalue weighted by Crippen LogP contribution is 2.37. The van der Waals surface area contributed by atoms with Gasteiger partial charge in [-0.1, -0.05) is 0 Å². The SMILES string of the molecule is CC(C)(C)OC(=O)N(c1cc2n(n1)CCOC2)c1cc(C2CCC(=O)C2)cn2ncnc12. The lowest BCUT2D eigenvalue weighted by Crippen LogP contribution is -2.34. The van der Waals surface area contributed by atoms with Gasteiger partial charge in [-0.15, -0.1) is 0 Å². The van der Waals surface area contributed by atoms with Crippen LogP contribution < -0.4 is 4.90 Å². The smallest absolute Gasteiger partial charge is 0.420 e. The number of nitrogens with zero attached hydrogens (tertiary/aromatic N) is 6. The van der Waals surface area contributed by atoms with E-state index in [4.69, 9.17) is 9.47 Å². The molecular weight excluding hydrogens is 412 g/mol. The molecule has 4 heterocycles.